The lowest BCUT2D eigenvalue weighted by molar-refractivity contribution is -0.127. The molecule has 3 nitrogen and oxygen atoms in total. The molecule has 0 aliphatic heterocycles. The van der Waals surface area contributed by atoms with Crippen LogP contribution in [0.1, 0.15) is 38.1 Å². The summed E-state index contributed by atoms with van der Waals surface area (Å²) < 4.78 is 0. The molecule has 1 aliphatic carbocycles. The molecule has 1 aromatic rings. The van der Waals surface area contributed by atoms with Crippen LogP contribution in [0, 0.1) is 18.3 Å². The Hall–Kier alpha value is -1.22. The normalized spacial score (nSPS) is 22.2. The minimum absolute atomic E-state index is 0.118. The van der Waals surface area contributed by atoms with Crippen LogP contribution in [0.3, 0.4) is 0 Å². The van der Waals surface area contributed by atoms with Gasteiger partial charge in [0.15, 0.2) is 0 Å². The molecule has 0 bridgehead atoms. The molecule has 0 aromatic carbocycles. The summed E-state index contributed by atoms with van der Waals surface area (Å²) in [6.45, 7) is 7.80. The number of carbonyl (C=O) groups excluding carboxylic acids is 1. The van der Waals surface area contributed by atoms with E-state index in [-0.39, 0.29) is 11.3 Å². The van der Waals surface area contributed by atoms with E-state index in [0.717, 1.165) is 37.3 Å². The second kappa shape index (κ2) is 5.41. The fourth-order valence-electron chi connectivity index (χ4n) is 2.92. The number of pyridine rings is 1. The first-order chi connectivity index (χ1) is 8.88. The molecule has 1 saturated carbocycles. The van der Waals surface area contributed by atoms with E-state index in [1.807, 2.05) is 25.1 Å². The van der Waals surface area contributed by atoms with Gasteiger partial charge in [-0.05, 0) is 38.9 Å². The minimum Gasteiger partial charge on any atom is -0.300 e. The van der Waals surface area contributed by atoms with Crippen molar-refractivity contribution >= 4 is 5.78 Å². The quantitative estimate of drug-likeness (QED) is 0.834. The van der Waals surface area contributed by atoms with Crippen molar-refractivity contribution in [2.24, 2.45) is 11.3 Å². The van der Waals surface area contributed by atoms with Crippen LogP contribution in [0.15, 0.2) is 18.2 Å². The monoisotopic (exact) mass is 260 g/mol. The van der Waals surface area contributed by atoms with Crippen LogP contribution >= 0.6 is 0 Å². The zero-order valence-electron chi connectivity index (χ0n) is 12.4. The van der Waals surface area contributed by atoms with Crippen LogP contribution in [-0.4, -0.2) is 29.3 Å². The lowest BCUT2D eigenvalue weighted by Gasteiger charge is -2.21. The van der Waals surface area contributed by atoms with Crippen LogP contribution in [0.25, 0.3) is 0 Å². The van der Waals surface area contributed by atoms with Crippen molar-refractivity contribution in [1.82, 2.24) is 9.88 Å². The smallest absolute Gasteiger partial charge is 0.142 e. The highest BCUT2D eigenvalue weighted by Gasteiger charge is 2.40. The predicted molar refractivity (Wildman–Crippen MR) is 76.8 cm³/mol. The van der Waals surface area contributed by atoms with Gasteiger partial charge < -0.3 is 0 Å². The van der Waals surface area contributed by atoms with Gasteiger partial charge in [-0.2, -0.15) is 0 Å². The molecule has 1 heterocycles. The number of ketones is 1. The number of rotatable bonds is 4. The third-order valence-corrected chi connectivity index (χ3v) is 4.07. The highest BCUT2D eigenvalue weighted by molar-refractivity contribution is 5.88. The van der Waals surface area contributed by atoms with Gasteiger partial charge in [-0.1, -0.05) is 19.9 Å². The predicted octanol–water partition coefficient (Wildman–Crippen LogP) is 2.83. The number of hydrogen-bond donors (Lipinski definition) is 0. The number of nitrogens with zero attached hydrogens (tertiary/aromatic N) is 2. The summed E-state index contributed by atoms with van der Waals surface area (Å²) >= 11 is 0. The van der Waals surface area contributed by atoms with Gasteiger partial charge in [0.1, 0.15) is 5.78 Å². The fraction of sp³-hybridized carbons (Fsp3) is 0.625. The van der Waals surface area contributed by atoms with Gasteiger partial charge in [0, 0.05) is 30.1 Å². The molecule has 19 heavy (non-hydrogen) atoms. The van der Waals surface area contributed by atoms with Gasteiger partial charge in [0.25, 0.3) is 0 Å². The van der Waals surface area contributed by atoms with E-state index >= 15 is 0 Å². The lowest BCUT2D eigenvalue weighted by Crippen LogP contribution is -2.31. The Kier molecular flexibility index (Phi) is 4.04. The molecule has 1 unspecified atom stereocenters. The third kappa shape index (κ3) is 3.41. The minimum atomic E-state index is -0.118. The summed E-state index contributed by atoms with van der Waals surface area (Å²) in [4.78, 5) is 18.9. The van der Waals surface area contributed by atoms with Crippen LogP contribution in [-0.2, 0) is 11.3 Å². The number of aromatic nitrogens is 1. The van der Waals surface area contributed by atoms with E-state index in [9.17, 15) is 4.79 Å². The van der Waals surface area contributed by atoms with Gasteiger partial charge in [0.2, 0.25) is 0 Å². The van der Waals surface area contributed by atoms with E-state index in [1.165, 1.54) is 0 Å². The van der Waals surface area contributed by atoms with E-state index in [0.29, 0.717) is 5.78 Å². The molecule has 1 fully saturated rings. The van der Waals surface area contributed by atoms with E-state index < -0.39 is 0 Å². The Morgan fingerprint density at radius 1 is 1.42 bits per heavy atom. The van der Waals surface area contributed by atoms with Crippen LogP contribution in [0.2, 0.25) is 0 Å². The number of hydrogen-bond acceptors (Lipinski definition) is 3. The second-order valence-corrected chi connectivity index (χ2v) is 6.45. The molecular weight excluding hydrogens is 236 g/mol. The standard InChI is InChI=1S/C16H24N2O/c1-12-6-5-7-14(17-12)11-18(4)10-13-8-9-16(2,3)15(13)19/h5-7,13H,8-11H2,1-4H3. The first-order valence-electron chi connectivity index (χ1n) is 7.04. The van der Waals surface area contributed by atoms with Crippen LogP contribution in [0.4, 0.5) is 0 Å². The summed E-state index contributed by atoms with van der Waals surface area (Å²) in [5.41, 5.74) is 2.00. The molecule has 0 N–H and O–H groups in total. The topological polar surface area (TPSA) is 33.2 Å². The molecule has 3 heteroatoms. The fourth-order valence-corrected chi connectivity index (χ4v) is 2.92. The maximum atomic E-state index is 12.2. The Labute approximate surface area is 116 Å². The first-order valence-corrected chi connectivity index (χ1v) is 7.04. The van der Waals surface area contributed by atoms with E-state index in [2.05, 4.69) is 30.8 Å². The Bertz CT molecular complexity index is 468. The zero-order chi connectivity index (χ0) is 14.0. The molecule has 0 amide bonds. The number of carbonyl (C=O) groups is 1. The first kappa shape index (κ1) is 14.2. The Morgan fingerprint density at radius 3 is 2.74 bits per heavy atom. The van der Waals surface area contributed by atoms with Crippen molar-refractivity contribution in [2.75, 3.05) is 13.6 Å². The molecule has 2 rings (SSSR count). The number of Topliss-reactive ketones (excluding diaryl/α,β-unsaturated/α-hetero) is 1. The van der Waals surface area contributed by atoms with Gasteiger partial charge in [-0.15, -0.1) is 0 Å². The largest absolute Gasteiger partial charge is 0.300 e. The molecule has 104 valence electrons. The van der Waals surface area contributed by atoms with Crippen LogP contribution < -0.4 is 0 Å². The van der Waals surface area contributed by atoms with Gasteiger partial charge >= 0.3 is 0 Å². The second-order valence-electron chi connectivity index (χ2n) is 6.45. The SMILES string of the molecule is Cc1cccc(CN(C)CC2CCC(C)(C)C2=O)n1. The lowest BCUT2D eigenvalue weighted by atomic mass is 9.89. The summed E-state index contributed by atoms with van der Waals surface area (Å²) in [7, 11) is 2.07. The van der Waals surface area contributed by atoms with Crippen LogP contribution in [0.5, 0.6) is 0 Å². The maximum absolute atomic E-state index is 12.2. The third-order valence-electron chi connectivity index (χ3n) is 4.07. The summed E-state index contributed by atoms with van der Waals surface area (Å²) in [5.74, 6) is 0.626. The average Bonchev–Trinajstić information content (AvgIpc) is 2.56. The highest BCUT2D eigenvalue weighted by Crippen LogP contribution is 2.37. The van der Waals surface area contributed by atoms with Crippen molar-refractivity contribution < 1.29 is 4.79 Å². The van der Waals surface area contributed by atoms with Gasteiger partial charge in [0.05, 0.1) is 5.69 Å². The van der Waals surface area contributed by atoms with Gasteiger partial charge in [-0.25, -0.2) is 0 Å². The Morgan fingerprint density at radius 2 is 2.16 bits per heavy atom. The van der Waals surface area contributed by atoms with Crippen molar-refractivity contribution in [1.29, 1.82) is 0 Å². The summed E-state index contributed by atoms with van der Waals surface area (Å²) in [5, 5.41) is 0. The molecule has 1 aromatic heterocycles. The molecule has 1 aliphatic rings. The summed E-state index contributed by atoms with van der Waals surface area (Å²) in [6.07, 6.45) is 2.05. The van der Waals surface area contributed by atoms with Crippen molar-refractivity contribution in [2.45, 2.75) is 40.2 Å². The molecule has 0 spiro atoms. The highest BCUT2D eigenvalue weighted by atomic mass is 16.1. The van der Waals surface area contributed by atoms with Crippen molar-refractivity contribution in [3.05, 3.63) is 29.6 Å². The molecule has 0 saturated heterocycles. The molecule has 0 radical (unpaired) electrons. The summed E-state index contributed by atoms with van der Waals surface area (Å²) in [6, 6.07) is 6.09. The Balaban J connectivity index is 1.92. The number of aryl methyl sites for hydroxylation is 1. The average molecular weight is 260 g/mol. The molecular formula is C16H24N2O. The van der Waals surface area contributed by atoms with Crippen molar-refractivity contribution in [3.8, 4) is 0 Å². The zero-order valence-corrected chi connectivity index (χ0v) is 12.4. The molecule has 1 atom stereocenters. The van der Waals surface area contributed by atoms with Crippen molar-refractivity contribution in [3.63, 3.8) is 0 Å². The van der Waals surface area contributed by atoms with E-state index in [4.69, 9.17) is 0 Å². The van der Waals surface area contributed by atoms with E-state index in [1.54, 1.807) is 0 Å². The maximum Gasteiger partial charge on any atom is 0.142 e. The van der Waals surface area contributed by atoms with Gasteiger partial charge in [-0.3, -0.25) is 14.7 Å².